The smallest absolute Gasteiger partial charge is 0.253 e. The van der Waals surface area contributed by atoms with Crippen molar-refractivity contribution in [1.29, 1.82) is 0 Å². The minimum absolute atomic E-state index is 0.0486. The van der Waals surface area contributed by atoms with Gasteiger partial charge in [0.2, 0.25) is 5.91 Å². The zero-order chi connectivity index (χ0) is 20.4. The molecule has 0 heterocycles. The van der Waals surface area contributed by atoms with E-state index in [4.69, 9.17) is 4.74 Å². The van der Waals surface area contributed by atoms with Gasteiger partial charge in [-0.1, -0.05) is 13.8 Å². The quantitative estimate of drug-likeness (QED) is 0.650. The van der Waals surface area contributed by atoms with E-state index in [0.717, 1.165) is 37.4 Å². The summed E-state index contributed by atoms with van der Waals surface area (Å²) in [6, 6.07) is 14.4. The first-order valence-electron chi connectivity index (χ1n) is 9.64. The maximum absolute atomic E-state index is 12.6. The molecule has 0 unspecified atom stereocenters. The van der Waals surface area contributed by atoms with Gasteiger partial charge in [0.15, 0.2) is 0 Å². The first kappa shape index (κ1) is 21.3. The third-order valence-electron chi connectivity index (χ3n) is 4.23. The Kier molecular flexibility index (Phi) is 8.34. The van der Waals surface area contributed by atoms with Crippen LogP contribution in [0.5, 0.6) is 5.75 Å². The second-order valence-electron chi connectivity index (χ2n) is 6.50. The number of nitrogens with one attached hydrogen (secondary N) is 2. The molecule has 0 atom stereocenters. The number of nitrogens with zero attached hydrogens (tertiary/aromatic N) is 1. The lowest BCUT2D eigenvalue weighted by Crippen LogP contribution is -2.32. The summed E-state index contributed by atoms with van der Waals surface area (Å²) >= 11 is 0. The van der Waals surface area contributed by atoms with Gasteiger partial charge in [-0.2, -0.15) is 0 Å². The number of ether oxygens (including phenoxy) is 1. The first-order valence-corrected chi connectivity index (χ1v) is 9.64. The monoisotopic (exact) mass is 383 g/mol. The van der Waals surface area contributed by atoms with Crippen LogP contribution < -0.4 is 15.4 Å². The maximum atomic E-state index is 12.6. The molecule has 2 N–H and O–H groups in total. The number of hydrogen-bond donors (Lipinski definition) is 2. The van der Waals surface area contributed by atoms with E-state index < -0.39 is 0 Å². The maximum Gasteiger partial charge on any atom is 0.253 e. The highest BCUT2D eigenvalue weighted by Crippen LogP contribution is 2.15. The second-order valence-corrected chi connectivity index (χ2v) is 6.50. The van der Waals surface area contributed by atoms with Crippen molar-refractivity contribution in [2.45, 2.75) is 26.7 Å². The summed E-state index contributed by atoms with van der Waals surface area (Å²) in [5.41, 5.74) is 2.16. The van der Waals surface area contributed by atoms with E-state index in [1.54, 1.807) is 43.5 Å². The fraction of sp³-hybridized carbons (Fsp3) is 0.364. The number of rotatable bonds is 10. The molecule has 0 aliphatic rings. The Morgan fingerprint density at radius 1 is 0.893 bits per heavy atom. The van der Waals surface area contributed by atoms with Crippen LogP contribution in [0, 0.1) is 0 Å². The predicted molar refractivity (Wildman–Crippen MR) is 113 cm³/mol. The Hall–Kier alpha value is -3.02. The lowest BCUT2D eigenvalue weighted by molar-refractivity contribution is -0.114. The van der Waals surface area contributed by atoms with Gasteiger partial charge < -0.3 is 20.3 Å². The van der Waals surface area contributed by atoms with Gasteiger partial charge in [0, 0.05) is 30.0 Å². The van der Waals surface area contributed by atoms with Gasteiger partial charge in [-0.15, -0.1) is 0 Å². The Bertz CT molecular complexity index is 752. The Labute approximate surface area is 166 Å². The molecule has 0 aromatic heterocycles. The summed E-state index contributed by atoms with van der Waals surface area (Å²) < 4.78 is 5.10. The van der Waals surface area contributed by atoms with E-state index in [2.05, 4.69) is 24.5 Å². The highest BCUT2D eigenvalue weighted by molar-refractivity contribution is 5.95. The van der Waals surface area contributed by atoms with Crippen LogP contribution in [-0.4, -0.2) is 43.5 Å². The van der Waals surface area contributed by atoms with E-state index in [1.165, 1.54) is 0 Å². The molecule has 0 saturated heterocycles. The summed E-state index contributed by atoms with van der Waals surface area (Å²) in [6.45, 7) is 5.80. The number of carbonyl (C=O) groups excluding carboxylic acids is 2. The van der Waals surface area contributed by atoms with Crippen LogP contribution >= 0.6 is 0 Å². The van der Waals surface area contributed by atoms with E-state index in [9.17, 15) is 9.59 Å². The van der Waals surface area contributed by atoms with Crippen LogP contribution in [0.2, 0.25) is 0 Å². The van der Waals surface area contributed by atoms with Crippen molar-refractivity contribution in [2.24, 2.45) is 0 Å². The minimum atomic E-state index is -0.151. The van der Waals surface area contributed by atoms with Crippen LogP contribution in [-0.2, 0) is 4.79 Å². The fourth-order valence-corrected chi connectivity index (χ4v) is 2.83. The average Bonchev–Trinajstić information content (AvgIpc) is 2.72. The number of anilines is 2. The molecule has 0 fully saturated rings. The van der Waals surface area contributed by atoms with E-state index in [-0.39, 0.29) is 18.4 Å². The van der Waals surface area contributed by atoms with Gasteiger partial charge in [0.1, 0.15) is 5.75 Å². The molecule has 0 radical (unpaired) electrons. The van der Waals surface area contributed by atoms with Crippen LogP contribution in [0.4, 0.5) is 11.4 Å². The highest BCUT2D eigenvalue weighted by Gasteiger charge is 2.14. The standard InChI is InChI=1S/C22H29N3O3/c1-4-14-25(15-5-2)22(27)17-6-8-18(9-7-17)23-16-21(26)24-19-10-12-20(28-3)13-11-19/h6-13,23H,4-5,14-16H2,1-3H3,(H,24,26). The van der Waals surface area contributed by atoms with Gasteiger partial charge in [-0.25, -0.2) is 0 Å². The first-order chi connectivity index (χ1) is 13.6. The van der Waals surface area contributed by atoms with Crippen molar-refractivity contribution in [1.82, 2.24) is 4.90 Å². The zero-order valence-electron chi connectivity index (χ0n) is 16.8. The van der Waals surface area contributed by atoms with Crippen molar-refractivity contribution >= 4 is 23.2 Å². The molecule has 0 saturated carbocycles. The molecule has 2 amide bonds. The van der Waals surface area contributed by atoms with Crippen molar-refractivity contribution in [3.05, 3.63) is 54.1 Å². The van der Waals surface area contributed by atoms with Crippen LogP contribution in [0.3, 0.4) is 0 Å². The second kappa shape index (κ2) is 11.0. The van der Waals surface area contributed by atoms with Crippen LogP contribution in [0.15, 0.2) is 48.5 Å². The number of hydrogen-bond acceptors (Lipinski definition) is 4. The summed E-state index contributed by atoms with van der Waals surface area (Å²) in [5.74, 6) is 0.636. The fourth-order valence-electron chi connectivity index (χ4n) is 2.83. The summed E-state index contributed by atoms with van der Waals surface area (Å²) in [5, 5.41) is 5.89. The summed E-state index contributed by atoms with van der Waals surface area (Å²) in [6.07, 6.45) is 1.88. The number of benzene rings is 2. The van der Waals surface area contributed by atoms with Gasteiger partial charge in [-0.3, -0.25) is 9.59 Å². The van der Waals surface area contributed by atoms with Crippen LogP contribution in [0.1, 0.15) is 37.0 Å². The predicted octanol–water partition coefficient (Wildman–Crippen LogP) is 4.01. The number of methoxy groups -OCH3 is 1. The molecule has 0 aliphatic carbocycles. The molecule has 6 nitrogen and oxygen atoms in total. The van der Waals surface area contributed by atoms with Gasteiger partial charge in [-0.05, 0) is 61.4 Å². The summed E-state index contributed by atoms with van der Waals surface area (Å²) in [4.78, 5) is 26.5. The normalized spacial score (nSPS) is 10.2. The number of amides is 2. The van der Waals surface area contributed by atoms with Gasteiger partial charge >= 0.3 is 0 Å². The molecule has 2 aromatic carbocycles. The number of carbonyl (C=O) groups is 2. The molecular formula is C22H29N3O3. The van der Waals surface area contributed by atoms with Crippen molar-refractivity contribution < 1.29 is 14.3 Å². The average molecular weight is 383 g/mol. The molecule has 150 valence electrons. The zero-order valence-corrected chi connectivity index (χ0v) is 16.8. The Morgan fingerprint density at radius 3 is 2.00 bits per heavy atom. The molecule has 28 heavy (non-hydrogen) atoms. The Balaban J connectivity index is 1.87. The third kappa shape index (κ3) is 6.30. The van der Waals surface area contributed by atoms with Crippen LogP contribution in [0.25, 0.3) is 0 Å². The van der Waals surface area contributed by atoms with E-state index >= 15 is 0 Å². The minimum Gasteiger partial charge on any atom is -0.497 e. The molecule has 2 rings (SSSR count). The van der Waals surface area contributed by atoms with Crippen molar-refractivity contribution in [3.8, 4) is 5.75 Å². The Morgan fingerprint density at radius 2 is 1.46 bits per heavy atom. The summed E-state index contributed by atoms with van der Waals surface area (Å²) in [7, 11) is 1.60. The molecule has 2 aromatic rings. The van der Waals surface area contributed by atoms with Crippen molar-refractivity contribution in [3.63, 3.8) is 0 Å². The lowest BCUT2D eigenvalue weighted by atomic mass is 10.1. The lowest BCUT2D eigenvalue weighted by Gasteiger charge is -2.21. The third-order valence-corrected chi connectivity index (χ3v) is 4.23. The largest absolute Gasteiger partial charge is 0.497 e. The SMILES string of the molecule is CCCN(CCC)C(=O)c1ccc(NCC(=O)Nc2ccc(OC)cc2)cc1. The molecule has 0 spiro atoms. The molecular weight excluding hydrogens is 354 g/mol. The molecule has 6 heteroatoms. The molecule has 0 bridgehead atoms. The van der Waals surface area contributed by atoms with E-state index in [0.29, 0.717) is 11.3 Å². The van der Waals surface area contributed by atoms with Crippen molar-refractivity contribution in [2.75, 3.05) is 37.4 Å². The topological polar surface area (TPSA) is 70.7 Å². The molecule has 0 aliphatic heterocycles. The van der Waals surface area contributed by atoms with Gasteiger partial charge in [0.05, 0.1) is 13.7 Å². The van der Waals surface area contributed by atoms with Gasteiger partial charge in [0.25, 0.3) is 5.91 Å². The highest BCUT2D eigenvalue weighted by atomic mass is 16.5. The van der Waals surface area contributed by atoms with E-state index in [1.807, 2.05) is 17.0 Å².